The quantitative estimate of drug-likeness (QED) is 0.919. The molecule has 1 amide bonds. The minimum absolute atomic E-state index is 0.0506. The van der Waals surface area contributed by atoms with Crippen LogP contribution in [0.25, 0.3) is 0 Å². The zero-order valence-electron chi connectivity index (χ0n) is 11.8. The van der Waals surface area contributed by atoms with E-state index in [0.29, 0.717) is 5.69 Å². The summed E-state index contributed by atoms with van der Waals surface area (Å²) in [5, 5.41) is 18.0. The number of rotatable bonds is 5. The van der Waals surface area contributed by atoms with Crippen molar-refractivity contribution in [1.29, 1.82) is 5.26 Å². The molecule has 22 heavy (non-hydrogen) atoms. The normalized spacial score (nSPS) is 9.77. The molecule has 0 aliphatic heterocycles. The van der Waals surface area contributed by atoms with Crippen molar-refractivity contribution in [3.8, 4) is 6.07 Å². The van der Waals surface area contributed by atoms with Gasteiger partial charge in [-0.25, -0.2) is 4.79 Å². The van der Waals surface area contributed by atoms with Crippen molar-refractivity contribution in [3.05, 3.63) is 65.7 Å². The topological polar surface area (TPSA) is 81.4 Å². The maximum absolute atomic E-state index is 12.7. The van der Waals surface area contributed by atoms with E-state index >= 15 is 0 Å². The molecular formula is C17H14N2O3. The maximum Gasteiger partial charge on any atom is 0.336 e. The number of carboxylic acid groups (broad SMARTS) is 1. The number of carbonyl (C=O) groups is 2. The third-order valence-electron chi connectivity index (χ3n) is 3.15. The summed E-state index contributed by atoms with van der Waals surface area (Å²) in [5.74, 6) is -1.59. The molecule has 0 atom stereocenters. The van der Waals surface area contributed by atoms with Crippen molar-refractivity contribution in [3.63, 3.8) is 0 Å². The van der Waals surface area contributed by atoms with Gasteiger partial charge in [-0.15, -0.1) is 0 Å². The van der Waals surface area contributed by atoms with E-state index in [9.17, 15) is 14.7 Å². The van der Waals surface area contributed by atoms with E-state index in [-0.39, 0.29) is 24.1 Å². The largest absolute Gasteiger partial charge is 0.478 e. The molecule has 0 fully saturated rings. The molecule has 1 N–H and O–H groups in total. The van der Waals surface area contributed by atoms with Crippen LogP contribution in [0.4, 0.5) is 5.69 Å². The SMILES string of the molecule is N#CCCN(C(=O)c1ccccc1C(=O)O)c1ccccc1. The van der Waals surface area contributed by atoms with Gasteiger partial charge in [0.25, 0.3) is 5.91 Å². The number of aromatic carboxylic acids is 1. The van der Waals surface area contributed by atoms with Crippen LogP contribution in [0.3, 0.4) is 0 Å². The molecule has 0 heterocycles. The highest BCUT2D eigenvalue weighted by Gasteiger charge is 2.22. The van der Waals surface area contributed by atoms with Crippen LogP contribution in [0, 0.1) is 11.3 Å². The van der Waals surface area contributed by atoms with Crippen LogP contribution < -0.4 is 4.90 Å². The van der Waals surface area contributed by atoms with Crippen LogP contribution in [0.2, 0.25) is 0 Å². The van der Waals surface area contributed by atoms with Crippen molar-refractivity contribution in [2.45, 2.75) is 6.42 Å². The molecule has 2 rings (SSSR count). The van der Waals surface area contributed by atoms with Gasteiger partial charge in [-0.1, -0.05) is 30.3 Å². The summed E-state index contributed by atoms with van der Waals surface area (Å²) in [6.07, 6.45) is 0.163. The van der Waals surface area contributed by atoms with E-state index in [2.05, 4.69) is 0 Å². The van der Waals surface area contributed by atoms with Gasteiger partial charge in [-0.05, 0) is 24.3 Å². The Labute approximate surface area is 128 Å². The smallest absolute Gasteiger partial charge is 0.336 e. The molecule has 2 aromatic carbocycles. The molecule has 0 radical (unpaired) electrons. The first kappa shape index (κ1) is 15.3. The zero-order chi connectivity index (χ0) is 15.9. The second kappa shape index (κ2) is 7.04. The molecule has 0 aromatic heterocycles. The molecule has 0 aliphatic carbocycles. The number of amides is 1. The maximum atomic E-state index is 12.7. The molecule has 0 spiro atoms. The highest BCUT2D eigenvalue weighted by atomic mass is 16.4. The van der Waals surface area contributed by atoms with Crippen LogP contribution in [-0.4, -0.2) is 23.5 Å². The lowest BCUT2D eigenvalue weighted by molar-refractivity contribution is 0.0692. The van der Waals surface area contributed by atoms with Gasteiger partial charge in [0.15, 0.2) is 0 Å². The Morgan fingerprint density at radius 3 is 2.18 bits per heavy atom. The Balaban J connectivity index is 2.42. The number of nitrogens with zero attached hydrogens (tertiary/aromatic N) is 2. The number of carboxylic acids is 1. The molecule has 5 heteroatoms. The Morgan fingerprint density at radius 1 is 1.00 bits per heavy atom. The molecular weight excluding hydrogens is 280 g/mol. The Kier molecular flexibility index (Phi) is 4.89. The van der Waals surface area contributed by atoms with Gasteiger partial charge in [-0.3, -0.25) is 4.79 Å². The summed E-state index contributed by atoms with van der Waals surface area (Å²) in [5.41, 5.74) is 0.685. The predicted octanol–water partition coefficient (Wildman–Crippen LogP) is 2.95. The first-order valence-electron chi connectivity index (χ1n) is 6.71. The highest BCUT2D eigenvalue weighted by Crippen LogP contribution is 2.19. The minimum Gasteiger partial charge on any atom is -0.478 e. The Hall–Kier alpha value is -3.13. The van der Waals surface area contributed by atoms with Crippen molar-refractivity contribution in [2.24, 2.45) is 0 Å². The van der Waals surface area contributed by atoms with E-state index in [1.807, 2.05) is 12.1 Å². The van der Waals surface area contributed by atoms with Gasteiger partial charge in [0.1, 0.15) is 0 Å². The predicted molar refractivity (Wildman–Crippen MR) is 81.7 cm³/mol. The monoisotopic (exact) mass is 294 g/mol. The van der Waals surface area contributed by atoms with Gasteiger partial charge in [-0.2, -0.15) is 5.26 Å². The Morgan fingerprint density at radius 2 is 1.59 bits per heavy atom. The van der Waals surface area contributed by atoms with Crippen molar-refractivity contribution in [2.75, 3.05) is 11.4 Å². The second-order valence-corrected chi connectivity index (χ2v) is 4.55. The van der Waals surface area contributed by atoms with E-state index < -0.39 is 11.9 Å². The summed E-state index contributed by atoms with van der Waals surface area (Å²) in [6.45, 7) is 0.202. The molecule has 2 aromatic rings. The van der Waals surface area contributed by atoms with Crippen LogP contribution in [0.5, 0.6) is 0 Å². The lowest BCUT2D eigenvalue weighted by Crippen LogP contribution is -2.33. The van der Waals surface area contributed by atoms with E-state index in [4.69, 9.17) is 5.26 Å². The van der Waals surface area contributed by atoms with E-state index in [0.717, 1.165) is 0 Å². The summed E-state index contributed by atoms with van der Waals surface area (Å²) < 4.78 is 0. The second-order valence-electron chi connectivity index (χ2n) is 4.55. The minimum atomic E-state index is -1.16. The van der Waals surface area contributed by atoms with Gasteiger partial charge < -0.3 is 10.0 Å². The number of hydrogen-bond donors (Lipinski definition) is 1. The van der Waals surface area contributed by atoms with Crippen LogP contribution >= 0.6 is 0 Å². The van der Waals surface area contributed by atoms with Crippen LogP contribution in [-0.2, 0) is 0 Å². The summed E-state index contributed by atoms with van der Waals surface area (Å²) in [6, 6.07) is 16.9. The molecule has 0 saturated heterocycles. The summed E-state index contributed by atoms with van der Waals surface area (Å²) in [4.78, 5) is 25.4. The lowest BCUT2D eigenvalue weighted by atomic mass is 10.1. The average molecular weight is 294 g/mol. The average Bonchev–Trinajstić information content (AvgIpc) is 2.56. The van der Waals surface area contributed by atoms with Crippen LogP contribution in [0.15, 0.2) is 54.6 Å². The molecule has 5 nitrogen and oxygen atoms in total. The standard InChI is InChI=1S/C17H14N2O3/c18-11-6-12-19(13-7-2-1-3-8-13)16(20)14-9-4-5-10-15(14)17(21)22/h1-5,7-10H,6,12H2,(H,21,22). The number of hydrogen-bond acceptors (Lipinski definition) is 3. The molecule has 0 aliphatic rings. The number of benzene rings is 2. The fourth-order valence-corrected chi connectivity index (χ4v) is 2.12. The van der Waals surface area contributed by atoms with E-state index in [1.54, 1.807) is 36.4 Å². The third-order valence-corrected chi connectivity index (χ3v) is 3.15. The van der Waals surface area contributed by atoms with Gasteiger partial charge >= 0.3 is 5.97 Å². The van der Waals surface area contributed by atoms with Gasteiger partial charge in [0.05, 0.1) is 23.6 Å². The number of nitriles is 1. The van der Waals surface area contributed by atoms with Gasteiger partial charge in [0.2, 0.25) is 0 Å². The zero-order valence-corrected chi connectivity index (χ0v) is 11.8. The van der Waals surface area contributed by atoms with Crippen LogP contribution in [0.1, 0.15) is 27.1 Å². The first-order valence-corrected chi connectivity index (χ1v) is 6.71. The van der Waals surface area contributed by atoms with E-state index in [1.165, 1.54) is 17.0 Å². The highest BCUT2D eigenvalue weighted by molar-refractivity contribution is 6.11. The third kappa shape index (κ3) is 3.30. The van der Waals surface area contributed by atoms with Gasteiger partial charge in [0, 0.05) is 12.2 Å². The molecule has 0 bridgehead atoms. The van der Waals surface area contributed by atoms with Crippen molar-refractivity contribution < 1.29 is 14.7 Å². The van der Waals surface area contributed by atoms with Crippen molar-refractivity contribution in [1.82, 2.24) is 0 Å². The lowest BCUT2D eigenvalue weighted by Gasteiger charge is -2.22. The number of anilines is 1. The molecule has 110 valence electrons. The number of para-hydroxylation sites is 1. The van der Waals surface area contributed by atoms with Crippen molar-refractivity contribution >= 4 is 17.6 Å². The fourth-order valence-electron chi connectivity index (χ4n) is 2.12. The fraction of sp³-hybridized carbons (Fsp3) is 0.118. The summed E-state index contributed by atoms with van der Waals surface area (Å²) >= 11 is 0. The first-order chi connectivity index (χ1) is 10.6. The summed E-state index contributed by atoms with van der Waals surface area (Å²) in [7, 11) is 0. The Bertz CT molecular complexity index is 720. The number of carbonyl (C=O) groups excluding carboxylic acids is 1. The molecule has 0 saturated carbocycles. The molecule has 0 unspecified atom stereocenters.